The number of ether oxygens (including phenoxy) is 1. The number of aliphatic hydroxyl groups is 1. The second-order valence-corrected chi connectivity index (χ2v) is 6.70. The third kappa shape index (κ3) is 2.31. The molecule has 114 valence electrons. The summed E-state index contributed by atoms with van der Waals surface area (Å²) in [5.74, 6) is 0.510. The van der Waals surface area contributed by atoms with E-state index in [-0.39, 0.29) is 23.6 Å². The molecule has 5 heteroatoms. The second kappa shape index (κ2) is 5.53. The zero-order valence-electron chi connectivity index (χ0n) is 12.2. The van der Waals surface area contributed by atoms with Gasteiger partial charge in [0.05, 0.1) is 12.2 Å². The lowest BCUT2D eigenvalue weighted by Gasteiger charge is -2.56. The minimum Gasteiger partial charge on any atom is -0.393 e. The molecule has 1 aliphatic heterocycles. The molecule has 3 aliphatic rings. The highest BCUT2D eigenvalue weighted by Gasteiger charge is 2.65. The number of rotatable bonds is 4. The molecule has 2 saturated carbocycles. The molecular weight excluding hydrogens is 256 g/mol. The molecule has 0 radical (unpaired) electrons. The maximum absolute atomic E-state index is 12.0. The molecule has 4 unspecified atom stereocenters. The fourth-order valence-corrected chi connectivity index (χ4v) is 4.49. The van der Waals surface area contributed by atoms with Gasteiger partial charge in [0.1, 0.15) is 0 Å². The Morgan fingerprint density at radius 3 is 2.90 bits per heavy atom. The molecule has 3 N–H and O–H groups in total. The van der Waals surface area contributed by atoms with Crippen molar-refractivity contribution < 1.29 is 14.6 Å². The Hall–Kier alpha value is -0.810. The van der Waals surface area contributed by atoms with E-state index < -0.39 is 0 Å². The Bertz CT molecular complexity index is 366. The Labute approximate surface area is 120 Å². The van der Waals surface area contributed by atoms with Gasteiger partial charge in [-0.15, -0.1) is 0 Å². The maximum atomic E-state index is 12.0. The van der Waals surface area contributed by atoms with Crippen LogP contribution in [0.25, 0.3) is 0 Å². The van der Waals surface area contributed by atoms with Gasteiger partial charge >= 0.3 is 6.03 Å². The SMILES string of the molecule is CC(O)CCNC(=O)NC1C2CCOC2C12CCCC2. The first-order valence-corrected chi connectivity index (χ1v) is 7.97. The van der Waals surface area contributed by atoms with Crippen molar-refractivity contribution in [2.75, 3.05) is 13.2 Å². The van der Waals surface area contributed by atoms with Gasteiger partial charge in [0, 0.05) is 30.5 Å². The van der Waals surface area contributed by atoms with Crippen LogP contribution in [0.3, 0.4) is 0 Å². The third-order valence-electron chi connectivity index (χ3n) is 5.42. The van der Waals surface area contributed by atoms with Crippen molar-refractivity contribution >= 4 is 6.03 Å². The maximum Gasteiger partial charge on any atom is 0.315 e. The van der Waals surface area contributed by atoms with Crippen molar-refractivity contribution in [3.8, 4) is 0 Å². The molecular formula is C15H26N2O3. The first kappa shape index (κ1) is 14.1. The van der Waals surface area contributed by atoms with Crippen molar-refractivity contribution in [2.45, 2.75) is 63.7 Å². The van der Waals surface area contributed by atoms with E-state index in [4.69, 9.17) is 4.74 Å². The van der Waals surface area contributed by atoms with Gasteiger partial charge in [-0.1, -0.05) is 12.8 Å². The number of carbonyl (C=O) groups is 1. The number of aliphatic hydroxyl groups excluding tert-OH is 1. The molecule has 5 nitrogen and oxygen atoms in total. The topological polar surface area (TPSA) is 70.6 Å². The van der Waals surface area contributed by atoms with E-state index in [1.807, 2.05) is 0 Å². The third-order valence-corrected chi connectivity index (χ3v) is 5.42. The summed E-state index contributed by atoms with van der Waals surface area (Å²) in [5.41, 5.74) is 0.211. The standard InChI is InChI=1S/C15H26N2O3/c1-10(18)4-8-16-14(19)17-12-11-5-9-20-13(11)15(12)6-2-3-7-15/h10-13,18H,2-9H2,1H3,(H2,16,17,19). The van der Waals surface area contributed by atoms with E-state index in [2.05, 4.69) is 10.6 Å². The van der Waals surface area contributed by atoms with E-state index in [0.29, 0.717) is 25.0 Å². The van der Waals surface area contributed by atoms with Crippen LogP contribution in [-0.2, 0) is 4.74 Å². The summed E-state index contributed by atoms with van der Waals surface area (Å²) < 4.78 is 5.91. The van der Waals surface area contributed by atoms with Crippen LogP contribution in [-0.4, -0.2) is 42.5 Å². The summed E-state index contributed by atoms with van der Waals surface area (Å²) in [7, 11) is 0. The molecule has 0 aromatic heterocycles. The summed E-state index contributed by atoms with van der Waals surface area (Å²) in [4.78, 5) is 12.0. The molecule has 4 atom stereocenters. The molecule has 3 rings (SSSR count). The zero-order valence-corrected chi connectivity index (χ0v) is 12.2. The minimum absolute atomic E-state index is 0.0905. The molecule has 1 spiro atoms. The minimum atomic E-state index is -0.368. The van der Waals surface area contributed by atoms with Crippen LogP contribution >= 0.6 is 0 Å². The molecule has 0 bridgehead atoms. The predicted octanol–water partition coefficient (Wildman–Crippen LogP) is 1.40. The monoisotopic (exact) mass is 282 g/mol. The predicted molar refractivity (Wildman–Crippen MR) is 75.4 cm³/mol. The Morgan fingerprint density at radius 1 is 1.45 bits per heavy atom. The number of hydrogen-bond acceptors (Lipinski definition) is 3. The van der Waals surface area contributed by atoms with Crippen LogP contribution < -0.4 is 10.6 Å². The van der Waals surface area contributed by atoms with Crippen molar-refractivity contribution in [3.63, 3.8) is 0 Å². The zero-order chi connectivity index (χ0) is 14.2. The summed E-state index contributed by atoms with van der Waals surface area (Å²) in [6.07, 6.45) is 6.58. The first-order chi connectivity index (χ1) is 9.63. The van der Waals surface area contributed by atoms with Crippen LogP contribution in [0.4, 0.5) is 4.79 Å². The average molecular weight is 282 g/mol. The Morgan fingerprint density at radius 2 is 2.20 bits per heavy atom. The summed E-state index contributed by atoms with van der Waals surface area (Å²) >= 11 is 0. The molecule has 0 aromatic carbocycles. The van der Waals surface area contributed by atoms with E-state index in [1.165, 1.54) is 25.7 Å². The van der Waals surface area contributed by atoms with Crippen LogP contribution in [0.1, 0.15) is 45.4 Å². The fourth-order valence-electron chi connectivity index (χ4n) is 4.49. The van der Waals surface area contributed by atoms with Gasteiger partial charge in [-0.05, 0) is 32.6 Å². The Balaban J connectivity index is 1.54. The molecule has 3 fully saturated rings. The number of amides is 2. The van der Waals surface area contributed by atoms with E-state index >= 15 is 0 Å². The van der Waals surface area contributed by atoms with Gasteiger partial charge in [-0.2, -0.15) is 0 Å². The number of fused-ring (bicyclic) bond motifs is 2. The fraction of sp³-hybridized carbons (Fsp3) is 0.933. The van der Waals surface area contributed by atoms with Gasteiger partial charge in [-0.25, -0.2) is 4.79 Å². The molecule has 1 saturated heterocycles. The van der Waals surface area contributed by atoms with Crippen molar-refractivity contribution in [1.82, 2.24) is 10.6 Å². The number of carbonyl (C=O) groups excluding carboxylic acids is 1. The number of urea groups is 1. The largest absolute Gasteiger partial charge is 0.393 e. The highest BCUT2D eigenvalue weighted by Crippen LogP contribution is 2.60. The van der Waals surface area contributed by atoms with Crippen molar-refractivity contribution in [3.05, 3.63) is 0 Å². The molecule has 0 aromatic rings. The Kier molecular flexibility index (Phi) is 3.91. The normalized spacial score (nSPS) is 35.4. The number of hydrogen-bond donors (Lipinski definition) is 3. The average Bonchev–Trinajstić information content (AvgIpc) is 3.04. The van der Waals surface area contributed by atoms with Crippen molar-refractivity contribution in [1.29, 1.82) is 0 Å². The van der Waals surface area contributed by atoms with Gasteiger partial charge in [0.25, 0.3) is 0 Å². The summed E-state index contributed by atoms with van der Waals surface area (Å²) in [6.45, 7) is 3.10. The molecule has 2 aliphatic carbocycles. The van der Waals surface area contributed by atoms with Crippen molar-refractivity contribution in [2.24, 2.45) is 11.3 Å². The van der Waals surface area contributed by atoms with Crippen LogP contribution in [0, 0.1) is 11.3 Å². The molecule has 1 heterocycles. The van der Waals surface area contributed by atoms with Gasteiger partial charge in [0.2, 0.25) is 0 Å². The molecule has 20 heavy (non-hydrogen) atoms. The first-order valence-electron chi connectivity index (χ1n) is 7.97. The summed E-state index contributed by atoms with van der Waals surface area (Å²) in [5, 5.41) is 15.2. The van der Waals surface area contributed by atoms with Gasteiger partial charge in [-0.3, -0.25) is 0 Å². The summed E-state index contributed by atoms with van der Waals surface area (Å²) in [6, 6.07) is 0.191. The van der Waals surface area contributed by atoms with Crippen LogP contribution in [0.5, 0.6) is 0 Å². The van der Waals surface area contributed by atoms with E-state index in [9.17, 15) is 9.90 Å². The van der Waals surface area contributed by atoms with Crippen LogP contribution in [0.15, 0.2) is 0 Å². The van der Waals surface area contributed by atoms with Crippen LogP contribution in [0.2, 0.25) is 0 Å². The van der Waals surface area contributed by atoms with E-state index in [0.717, 1.165) is 13.0 Å². The van der Waals surface area contributed by atoms with Gasteiger partial charge in [0.15, 0.2) is 0 Å². The quantitative estimate of drug-likeness (QED) is 0.730. The second-order valence-electron chi connectivity index (χ2n) is 6.70. The number of nitrogens with one attached hydrogen (secondary N) is 2. The lowest BCUT2D eigenvalue weighted by atomic mass is 9.54. The highest BCUT2D eigenvalue weighted by atomic mass is 16.5. The lowest BCUT2D eigenvalue weighted by Crippen LogP contribution is -2.69. The highest BCUT2D eigenvalue weighted by molar-refractivity contribution is 5.74. The van der Waals surface area contributed by atoms with Gasteiger partial charge < -0.3 is 20.5 Å². The van der Waals surface area contributed by atoms with E-state index in [1.54, 1.807) is 6.92 Å². The smallest absolute Gasteiger partial charge is 0.315 e. The lowest BCUT2D eigenvalue weighted by molar-refractivity contribution is -0.126. The molecule has 2 amide bonds.